The topological polar surface area (TPSA) is 112 Å². The second-order valence-corrected chi connectivity index (χ2v) is 8.13. The van der Waals surface area contributed by atoms with Crippen molar-refractivity contribution in [1.82, 2.24) is 4.90 Å². The van der Waals surface area contributed by atoms with Crippen molar-refractivity contribution in [2.24, 2.45) is 11.0 Å². The first kappa shape index (κ1) is 21.9. The van der Waals surface area contributed by atoms with Gasteiger partial charge in [0.1, 0.15) is 5.69 Å². The Morgan fingerprint density at radius 2 is 2.16 bits per heavy atom. The summed E-state index contributed by atoms with van der Waals surface area (Å²) in [7, 11) is 0. The number of anilines is 2. The first-order valence-electron chi connectivity index (χ1n) is 10.5. The van der Waals surface area contributed by atoms with Crippen LogP contribution < -0.4 is 10.7 Å². The Morgan fingerprint density at radius 1 is 1.34 bits per heavy atom. The van der Waals surface area contributed by atoms with Crippen molar-refractivity contribution >= 4 is 28.3 Å². The number of carbonyl (C=O) groups excluding carboxylic acids is 1. The van der Waals surface area contributed by atoms with E-state index in [-0.39, 0.29) is 35.1 Å². The van der Waals surface area contributed by atoms with Crippen LogP contribution in [0.15, 0.2) is 46.1 Å². The smallest absolute Gasteiger partial charge is 0.286 e. The van der Waals surface area contributed by atoms with Gasteiger partial charge in [-0.15, -0.1) is 4.91 Å². The van der Waals surface area contributed by atoms with Crippen LogP contribution in [0.2, 0.25) is 0 Å². The molecule has 1 fully saturated rings. The molecule has 168 valence electrons. The summed E-state index contributed by atoms with van der Waals surface area (Å²) < 4.78 is 19.9. The van der Waals surface area contributed by atoms with E-state index in [9.17, 15) is 19.2 Å². The quantitative estimate of drug-likeness (QED) is 0.422. The monoisotopic (exact) mass is 440 g/mol. The van der Waals surface area contributed by atoms with E-state index in [0.29, 0.717) is 17.8 Å². The van der Waals surface area contributed by atoms with E-state index in [0.717, 1.165) is 36.4 Å². The minimum absolute atomic E-state index is 0.00783. The number of nitrogens with zero attached hydrogens (tertiary/aromatic N) is 3. The maximum atomic E-state index is 14.5. The second kappa shape index (κ2) is 9.05. The van der Waals surface area contributed by atoms with Crippen molar-refractivity contribution in [1.29, 1.82) is 0 Å². The lowest BCUT2D eigenvalue weighted by molar-refractivity contribution is 0.0841. The zero-order valence-electron chi connectivity index (χ0n) is 17.8. The number of piperidine rings is 1. The molecule has 1 aliphatic rings. The van der Waals surface area contributed by atoms with Gasteiger partial charge in [0, 0.05) is 12.6 Å². The SMILES string of the molecule is Cc1cc(F)c2oc(C(N)=O)c(N(N=O)c3cccc(CN4CCCCC4CO)c3)c2c1. The van der Waals surface area contributed by atoms with Crippen molar-refractivity contribution in [2.45, 2.75) is 38.8 Å². The lowest BCUT2D eigenvalue weighted by atomic mass is 10.0. The highest BCUT2D eigenvalue weighted by Crippen LogP contribution is 2.40. The minimum atomic E-state index is -0.933. The number of amides is 1. The van der Waals surface area contributed by atoms with Gasteiger partial charge in [0.25, 0.3) is 5.91 Å². The van der Waals surface area contributed by atoms with Crippen LogP contribution in [-0.2, 0) is 6.54 Å². The van der Waals surface area contributed by atoms with Gasteiger partial charge in [-0.1, -0.05) is 18.6 Å². The number of aliphatic hydroxyl groups is 1. The van der Waals surface area contributed by atoms with Crippen LogP contribution in [0.3, 0.4) is 0 Å². The van der Waals surface area contributed by atoms with Crippen LogP contribution in [0.25, 0.3) is 11.0 Å². The molecule has 2 aromatic carbocycles. The number of carbonyl (C=O) groups is 1. The lowest BCUT2D eigenvalue weighted by Gasteiger charge is -2.34. The fourth-order valence-corrected chi connectivity index (χ4v) is 4.37. The number of benzene rings is 2. The molecule has 8 nitrogen and oxygen atoms in total. The van der Waals surface area contributed by atoms with E-state index in [1.807, 2.05) is 6.07 Å². The predicted molar refractivity (Wildman–Crippen MR) is 119 cm³/mol. The van der Waals surface area contributed by atoms with E-state index >= 15 is 0 Å². The normalized spacial score (nSPS) is 16.9. The molecule has 1 saturated heterocycles. The Balaban J connectivity index is 1.76. The molecule has 1 unspecified atom stereocenters. The van der Waals surface area contributed by atoms with Gasteiger partial charge >= 0.3 is 0 Å². The number of rotatable bonds is 7. The molecule has 1 atom stereocenters. The zero-order valence-corrected chi connectivity index (χ0v) is 17.8. The van der Waals surface area contributed by atoms with Crippen LogP contribution in [0.5, 0.6) is 0 Å². The molecule has 1 amide bonds. The molecule has 0 spiro atoms. The molecule has 4 rings (SSSR count). The van der Waals surface area contributed by atoms with E-state index in [1.165, 1.54) is 6.07 Å². The number of hydrogen-bond donors (Lipinski definition) is 2. The first-order valence-corrected chi connectivity index (χ1v) is 10.5. The van der Waals surface area contributed by atoms with Crippen LogP contribution in [0, 0.1) is 17.6 Å². The van der Waals surface area contributed by atoms with Crippen LogP contribution in [-0.4, -0.2) is 35.1 Å². The average molecular weight is 440 g/mol. The fourth-order valence-electron chi connectivity index (χ4n) is 4.37. The van der Waals surface area contributed by atoms with Gasteiger partial charge < -0.3 is 15.3 Å². The van der Waals surface area contributed by atoms with E-state index < -0.39 is 11.7 Å². The summed E-state index contributed by atoms with van der Waals surface area (Å²) >= 11 is 0. The third kappa shape index (κ3) is 4.09. The molecule has 0 radical (unpaired) electrons. The molecule has 0 saturated carbocycles. The Bertz CT molecular complexity index is 1160. The third-order valence-electron chi connectivity index (χ3n) is 5.88. The summed E-state index contributed by atoms with van der Waals surface area (Å²) in [6, 6.07) is 10.1. The molecule has 0 bridgehead atoms. The molecular formula is C23H25FN4O4. The highest BCUT2D eigenvalue weighted by atomic mass is 19.1. The van der Waals surface area contributed by atoms with Crippen LogP contribution in [0.1, 0.15) is 40.9 Å². The number of aliphatic hydroxyl groups excluding tert-OH is 1. The summed E-state index contributed by atoms with van der Waals surface area (Å²) in [4.78, 5) is 26.2. The van der Waals surface area contributed by atoms with Gasteiger partial charge in [-0.2, -0.15) is 5.01 Å². The maximum Gasteiger partial charge on any atom is 0.286 e. The number of fused-ring (bicyclic) bond motifs is 1. The zero-order chi connectivity index (χ0) is 22.8. The standard InChI is InChI=1S/C23H25FN4O4/c1-14-9-18-20(22(23(25)30)32-21(18)19(24)10-14)28(26-31)16-7-4-5-15(11-16)12-27-8-3-2-6-17(27)13-29/h4-5,7,9-11,17,29H,2-3,6,8,12-13H2,1H3,(H2,25,30). The van der Waals surface area contributed by atoms with Gasteiger partial charge in [0.2, 0.25) is 5.76 Å². The summed E-state index contributed by atoms with van der Waals surface area (Å²) in [5.41, 5.74) is 7.20. The molecule has 3 aromatic rings. The molecule has 3 N–H and O–H groups in total. The van der Waals surface area contributed by atoms with Gasteiger partial charge in [-0.3, -0.25) is 9.69 Å². The molecular weight excluding hydrogens is 415 g/mol. The maximum absolute atomic E-state index is 14.5. The fraction of sp³-hybridized carbons (Fsp3) is 0.348. The van der Waals surface area contributed by atoms with Gasteiger partial charge in [-0.25, -0.2) is 4.39 Å². The lowest BCUT2D eigenvalue weighted by Crippen LogP contribution is -2.41. The largest absolute Gasteiger partial charge is 0.445 e. The summed E-state index contributed by atoms with van der Waals surface area (Å²) in [6.45, 7) is 3.25. The van der Waals surface area contributed by atoms with E-state index in [4.69, 9.17) is 10.2 Å². The summed E-state index contributed by atoms with van der Waals surface area (Å²) in [5.74, 6) is -1.93. The van der Waals surface area contributed by atoms with E-state index in [1.54, 1.807) is 31.2 Å². The highest BCUT2D eigenvalue weighted by molar-refractivity contribution is 6.07. The molecule has 2 heterocycles. The number of nitroso groups, excluding NO2 is 1. The van der Waals surface area contributed by atoms with Crippen LogP contribution >= 0.6 is 0 Å². The van der Waals surface area contributed by atoms with Crippen molar-refractivity contribution in [3.05, 3.63) is 64.0 Å². The van der Waals surface area contributed by atoms with Gasteiger partial charge in [0.05, 0.1) is 23.0 Å². The Kier molecular flexibility index (Phi) is 6.20. The van der Waals surface area contributed by atoms with Crippen molar-refractivity contribution in [3.8, 4) is 0 Å². The van der Waals surface area contributed by atoms with Crippen molar-refractivity contribution in [3.63, 3.8) is 0 Å². The van der Waals surface area contributed by atoms with Crippen molar-refractivity contribution in [2.75, 3.05) is 18.2 Å². The molecule has 1 aliphatic heterocycles. The second-order valence-electron chi connectivity index (χ2n) is 8.13. The summed E-state index contributed by atoms with van der Waals surface area (Å²) in [5, 5.41) is 14.0. The number of furan rings is 1. The first-order chi connectivity index (χ1) is 15.4. The van der Waals surface area contributed by atoms with Gasteiger partial charge in [-0.05, 0) is 61.7 Å². The molecule has 32 heavy (non-hydrogen) atoms. The number of hydrogen-bond acceptors (Lipinski definition) is 6. The van der Waals surface area contributed by atoms with Crippen LogP contribution in [0.4, 0.5) is 15.8 Å². The number of aryl methyl sites for hydroxylation is 1. The molecule has 9 heteroatoms. The van der Waals surface area contributed by atoms with E-state index in [2.05, 4.69) is 10.2 Å². The number of primary amides is 1. The highest BCUT2D eigenvalue weighted by Gasteiger charge is 2.28. The Labute approximate surface area is 184 Å². The average Bonchev–Trinajstić information content (AvgIpc) is 3.15. The molecule has 0 aliphatic carbocycles. The number of nitrogens with two attached hydrogens (primary N) is 1. The predicted octanol–water partition coefficient (Wildman–Crippen LogP) is 4.15. The van der Waals surface area contributed by atoms with Gasteiger partial charge in [0.15, 0.2) is 11.4 Å². The minimum Gasteiger partial charge on any atom is -0.445 e. The van der Waals surface area contributed by atoms with Crippen molar-refractivity contribution < 1.29 is 18.7 Å². The Morgan fingerprint density at radius 3 is 2.88 bits per heavy atom. The molecule has 1 aromatic heterocycles. The summed E-state index contributed by atoms with van der Waals surface area (Å²) in [6.07, 6.45) is 3.09. The third-order valence-corrected chi connectivity index (χ3v) is 5.88. The number of halogens is 1. The number of likely N-dealkylation sites (tertiary alicyclic amines) is 1. The Hall–Kier alpha value is -3.30.